The molecule has 1 atom stereocenters. The summed E-state index contributed by atoms with van der Waals surface area (Å²) in [6, 6.07) is 6.08. The fraction of sp³-hybridized carbons (Fsp3) is 0.250. The summed E-state index contributed by atoms with van der Waals surface area (Å²) in [6.45, 7) is 1.42. The highest BCUT2D eigenvalue weighted by atomic mass is 35.5. The SMILES string of the molecule is CC(Cl)S(=O)(=O)c1cccc(N)c1. The van der Waals surface area contributed by atoms with E-state index < -0.39 is 14.5 Å². The van der Waals surface area contributed by atoms with Gasteiger partial charge in [0.25, 0.3) is 0 Å². The summed E-state index contributed by atoms with van der Waals surface area (Å²) in [5, 5.41) is 0. The fourth-order valence-electron chi connectivity index (χ4n) is 0.879. The first-order chi connectivity index (χ1) is 5.94. The van der Waals surface area contributed by atoms with Crippen LogP contribution in [0.3, 0.4) is 0 Å². The van der Waals surface area contributed by atoms with Crippen LogP contribution in [-0.2, 0) is 9.84 Å². The zero-order chi connectivity index (χ0) is 10.1. The molecule has 0 aliphatic heterocycles. The molecule has 0 spiro atoms. The van der Waals surface area contributed by atoms with Crippen LogP contribution in [-0.4, -0.2) is 13.1 Å². The van der Waals surface area contributed by atoms with E-state index in [4.69, 9.17) is 17.3 Å². The Hall–Kier alpha value is -0.740. The zero-order valence-corrected chi connectivity index (χ0v) is 8.64. The third kappa shape index (κ3) is 2.14. The number of alkyl halides is 1. The molecule has 0 radical (unpaired) electrons. The molecular formula is C8H10ClNO2S. The molecule has 0 fully saturated rings. The summed E-state index contributed by atoms with van der Waals surface area (Å²) >= 11 is 5.53. The molecule has 1 unspecified atom stereocenters. The van der Waals surface area contributed by atoms with Crippen LogP contribution in [0.1, 0.15) is 6.92 Å². The molecule has 0 aliphatic carbocycles. The van der Waals surface area contributed by atoms with Crippen molar-refractivity contribution in [1.29, 1.82) is 0 Å². The lowest BCUT2D eigenvalue weighted by Crippen LogP contribution is -2.11. The van der Waals surface area contributed by atoms with Crippen molar-refractivity contribution >= 4 is 27.1 Å². The van der Waals surface area contributed by atoms with Crippen LogP contribution >= 0.6 is 11.6 Å². The summed E-state index contributed by atoms with van der Waals surface area (Å²) < 4.78 is 22.1. The van der Waals surface area contributed by atoms with Crippen molar-refractivity contribution < 1.29 is 8.42 Å². The van der Waals surface area contributed by atoms with Crippen LogP contribution in [0.4, 0.5) is 5.69 Å². The molecule has 0 saturated carbocycles. The Labute approximate surface area is 82.4 Å². The third-order valence-electron chi connectivity index (χ3n) is 1.61. The molecule has 2 N–H and O–H groups in total. The molecule has 1 rings (SSSR count). The second kappa shape index (κ2) is 3.55. The van der Waals surface area contributed by atoms with E-state index in [1.54, 1.807) is 12.1 Å². The predicted octanol–water partition coefficient (Wildman–Crippen LogP) is 1.63. The minimum atomic E-state index is -3.41. The quantitative estimate of drug-likeness (QED) is 0.608. The van der Waals surface area contributed by atoms with Gasteiger partial charge in [0.1, 0.15) is 4.71 Å². The molecule has 0 bridgehead atoms. The highest BCUT2D eigenvalue weighted by molar-refractivity contribution is 7.93. The van der Waals surface area contributed by atoms with Crippen LogP contribution in [0, 0.1) is 0 Å². The van der Waals surface area contributed by atoms with Gasteiger partial charge in [-0.1, -0.05) is 6.07 Å². The van der Waals surface area contributed by atoms with Gasteiger partial charge in [0, 0.05) is 5.69 Å². The maximum atomic E-state index is 11.5. The second-order valence-corrected chi connectivity index (χ2v) is 5.84. The number of nitrogens with two attached hydrogens (primary N) is 1. The molecule has 1 aromatic rings. The van der Waals surface area contributed by atoms with E-state index in [-0.39, 0.29) is 4.90 Å². The lowest BCUT2D eigenvalue weighted by molar-refractivity contribution is 0.594. The molecule has 3 nitrogen and oxygen atoms in total. The molecule has 0 heterocycles. The maximum Gasteiger partial charge on any atom is 0.194 e. The van der Waals surface area contributed by atoms with E-state index in [2.05, 4.69) is 0 Å². The van der Waals surface area contributed by atoms with Crippen molar-refractivity contribution in [3.63, 3.8) is 0 Å². The van der Waals surface area contributed by atoms with Crippen molar-refractivity contribution in [2.75, 3.05) is 5.73 Å². The Bertz CT molecular complexity index is 400. The first-order valence-corrected chi connectivity index (χ1v) is 5.66. The molecule has 13 heavy (non-hydrogen) atoms. The molecule has 1 aromatic carbocycles. The van der Waals surface area contributed by atoms with E-state index in [0.29, 0.717) is 5.69 Å². The number of halogens is 1. The van der Waals surface area contributed by atoms with Gasteiger partial charge in [-0.2, -0.15) is 0 Å². The molecule has 0 aliphatic rings. The summed E-state index contributed by atoms with van der Waals surface area (Å²) in [4.78, 5) is 0.162. The first kappa shape index (κ1) is 10.3. The lowest BCUT2D eigenvalue weighted by Gasteiger charge is -2.05. The van der Waals surface area contributed by atoms with E-state index in [9.17, 15) is 8.42 Å². The Morgan fingerprint density at radius 1 is 1.46 bits per heavy atom. The average molecular weight is 220 g/mol. The molecule has 0 amide bonds. The van der Waals surface area contributed by atoms with Crippen molar-refractivity contribution in [3.8, 4) is 0 Å². The summed E-state index contributed by atoms with van der Waals surface area (Å²) in [6.07, 6.45) is 0. The molecule has 5 heteroatoms. The zero-order valence-electron chi connectivity index (χ0n) is 7.07. The first-order valence-electron chi connectivity index (χ1n) is 3.68. The number of sulfone groups is 1. The van der Waals surface area contributed by atoms with Crippen molar-refractivity contribution in [3.05, 3.63) is 24.3 Å². The Kier molecular flexibility index (Phi) is 2.83. The van der Waals surface area contributed by atoms with E-state index in [1.807, 2.05) is 0 Å². The summed E-state index contributed by atoms with van der Waals surface area (Å²) in [5.41, 5.74) is 5.86. The molecule has 0 saturated heterocycles. The van der Waals surface area contributed by atoms with Gasteiger partial charge in [-0.05, 0) is 25.1 Å². The number of nitrogen functional groups attached to an aromatic ring is 1. The van der Waals surface area contributed by atoms with E-state index >= 15 is 0 Å². The summed E-state index contributed by atoms with van der Waals surface area (Å²) in [5.74, 6) is 0. The van der Waals surface area contributed by atoms with Crippen molar-refractivity contribution in [1.82, 2.24) is 0 Å². The number of benzene rings is 1. The number of hydrogen-bond donors (Lipinski definition) is 1. The molecule has 72 valence electrons. The standard InChI is InChI=1S/C8H10ClNO2S/c1-6(9)13(11,12)8-4-2-3-7(10)5-8/h2-6H,10H2,1H3. The number of hydrogen-bond acceptors (Lipinski definition) is 3. The van der Waals surface area contributed by atoms with Gasteiger partial charge in [-0.3, -0.25) is 0 Å². The topological polar surface area (TPSA) is 60.2 Å². The average Bonchev–Trinajstić information content (AvgIpc) is 2.04. The predicted molar refractivity (Wildman–Crippen MR) is 53.4 cm³/mol. The van der Waals surface area contributed by atoms with E-state index in [1.165, 1.54) is 19.1 Å². The smallest absolute Gasteiger partial charge is 0.194 e. The van der Waals surface area contributed by atoms with Crippen molar-refractivity contribution in [2.45, 2.75) is 16.5 Å². The summed E-state index contributed by atoms with van der Waals surface area (Å²) in [7, 11) is -3.41. The lowest BCUT2D eigenvalue weighted by atomic mass is 10.3. The Balaban J connectivity index is 3.24. The third-order valence-corrected chi connectivity index (χ3v) is 4.08. The van der Waals surface area contributed by atoms with Crippen LogP contribution in [0.2, 0.25) is 0 Å². The van der Waals surface area contributed by atoms with Gasteiger partial charge in [0.15, 0.2) is 9.84 Å². The minimum Gasteiger partial charge on any atom is -0.399 e. The largest absolute Gasteiger partial charge is 0.399 e. The highest BCUT2D eigenvalue weighted by Gasteiger charge is 2.20. The minimum absolute atomic E-state index is 0.162. The van der Waals surface area contributed by atoms with Gasteiger partial charge >= 0.3 is 0 Å². The number of anilines is 1. The Morgan fingerprint density at radius 3 is 2.54 bits per heavy atom. The van der Waals surface area contributed by atoms with Crippen LogP contribution in [0.15, 0.2) is 29.2 Å². The highest BCUT2D eigenvalue weighted by Crippen LogP contribution is 2.19. The second-order valence-electron chi connectivity index (χ2n) is 2.66. The van der Waals surface area contributed by atoms with Gasteiger partial charge in [-0.15, -0.1) is 11.6 Å². The van der Waals surface area contributed by atoms with E-state index in [0.717, 1.165) is 0 Å². The molecular weight excluding hydrogens is 210 g/mol. The normalized spacial score (nSPS) is 14.0. The van der Waals surface area contributed by atoms with Crippen LogP contribution in [0.25, 0.3) is 0 Å². The number of rotatable bonds is 2. The van der Waals surface area contributed by atoms with Gasteiger partial charge < -0.3 is 5.73 Å². The van der Waals surface area contributed by atoms with Gasteiger partial charge in [0.2, 0.25) is 0 Å². The fourth-order valence-corrected chi connectivity index (χ4v) is 2.13. The Morgan fingerprint density at radius 2 is 2.08 bits per heavy atom. The monoisotopic (exact) mass is 219 g/mol. The van der Waals surface area contributed by atoms with Crippen LogP contribution < -0.4 is 5.73 Å². The van der Waals surface area contributed by atoms with Gasteiger partial charge in [-0.25, -0.2) is 8.42 Å². The molecule has 0 aromatic heterocycles. The van der Waals surface area contributed by atoms with Crippen LogP contribution in [0.5, 0.6) is 0 Å². The van der Waals surface area contributed by atoms with Crippen molar-refractivity contribution in [2.24, 2.45) is 0 Å². The van der Waals surface area contributed by atoms with Gasteiger partial charge in [0.05, 0.1) is 4.90 Å². The maximum absolute atomic E-state index is 11.5.